The van der Waals surface area contributed by atoms with Gasteiger partial charge in [-0.05, 0) is 37.5 Å². The fraction of sp³-hybridized carbons (Fsp3) is 0.429. The fourth-order valence-electron chi connectivity index (χ4n) is 2.12. The summed E-state index contributed by atoms with van der Waals surface area (Å²) in [6.45, 7) is 0.715. The van der Waals surface area contributed by atoms with Crippen molar-refractivity contribution in [1.29, 1.82) is 0 Å². The van der Waals surface area contributed by atoms with Crippen molar-refractivity contribution in [3.05, 3.63) is 29.8 Å². The molecular formula is C14H17NO4. The second-order valence-electron chi connectivity index (χ2n) is 4.63. The van der Waals surface area contributed by atoms with Gasteiger partial charge in [-0.2, -0.15) is 0 Å². The second kappa shape index (κ2) is 6.33. The molecule has 0 spiro atoms. The standard InChI is InChI=1S/C14H17NO4/c16-13(9-12-6-1-2-7-19-12)15-11-5-3-4-10(8-11)14(17)18/h3-5,8,12H,1-2,6-7,9H2,(H,15,16)(H,17,18). The summed E-state index contributed by atoms with van der Waals surface area (Å²) in [4.78, 5) is 22.6. The number of nitrogens with one attached hydrogen (secondary N) is 1. The average molecular weight is 263 g/mol. The number of aromatic carboxylic acids is 1. The Morgan fingerprint density at radius 1 is 1.37 bits per heavy atom. The van der Waals surface area contributed by atoms with Crippen molar-refractivity contribution in [2.24, 2.45) is 0 Å². The molecule has 1 aliphatic rings. The van der Waals surface area contributed by atoms with Crippen molar-refractivity contribution in [2.75, 3.05) is 11.9 Å². The maximum Gasteiger partial charge on any atom is 0.335 e. The molecule has 19 heavy (non-hydrogen) atoms. The van der Waals surface area contributed by atoms with Crippen molar-refractivity contribution >= 4 is 17.6 Å². The van der Waals surface area contributed by atoms with Gasteiger partial charge in [-0.25, -0.2) is 4.79 Å². The van der Waals surface area contributed by atoms with Crippen LogP contribution in [0.1, 0.15) is 36.0 Å². The van der Waals surface area contributed by atoms with Crippen LogP contribution >= 0.6 is 0 Å². The molecular weight excluding hydrogens is 246 g/mol. The molecule has 0 radical (unpaired) electrons. The SMILES string of the molecule is O=C(CC1CCCCO1)Nc1cccc(C(=O)O)c1. The first-order valence-electron chi connectivity index (χ1n) is 6.40. The third kappa shape index (κ3) is 4.06. The highest BCUT2D eigenvalue weighted by Crippen LogP contribution is 2.17. The third-order valence-corrected chi connectivity index (χ3v) is 3.08. The summed E-state index contributed by atoms with van der Waals surface area (Å²) in [5.74, 6) is -1.15. The first kappa shape index (κ1) is 13.5. The molecule has 0 aliphatic carbocycles. The van der Waals surface area contributed by atoms with Gasteiger partial charge in [0, 0.05) is 12.3 Å². The molecule has 1 aromatic carbocycles. The van der Waals surface area contributed by atoms with Crippen molar-refractivity contribution in [3.8, 4) is 0 Å². The molecule has 1 aliphatic heterocycles. The first-order chi connectivity index (χ1) is 9.15. The predicted octanol–water partition coefficient (Wildman–Crippen LogP) is 2.28. The van der Waals surface area contributed by atoms with Crippen molar-refractivity contribution in [2.45, 2.75) is 31.8 Å². The lowest BCUT2D eigenvalue weighted by Crippen LogP contribution is -2.25. The van der Waals surface area contributed by atoms with Crippen LogP contribution < -0.4 is 5.32 Å². The van der Waals surface area contributed by atoms with E-state index in [9.17, 15) is 9.59 Å². The lowest BCUT2D eigenvalue weighted by atomic mass is 10.1. The Balaban J connectivity index is 1.90. The Bertz CT molecular complexity index is 466. The number of carbonyl (C=O) groups is 2. The zero-order chi connectivity index (χ0) is 13.7. The Morgan fingerprint density at radius 3 is 2.89 bits per heavy atom. The summed E-state index contributed by atoms with van der Waals surface area (Å²) in [6.07, 6.45) is 3.35. The van der Waals surface area contributed by atoms with Crippen LogP contribution in [0, 0.1) is 0 Å². The maximum atomic E-state index is 11.8. The fourth-order valence-corrected chi connectivity index (χ4v) is 2.12. The largest absolute Gasteiger partial charge is 0.478 e. The van der Waals surface area contributed by atoms with Gasteiger partial charge in [0.25, 0.3) is 0 Å². The van der Waals surface area contributed by atoms with E-state index in [1.165, 1.54) is 12.1 Å². The molecule has 1 atom stereocenters. The van der Waals surface area contributed by atoms with Gasteiger partial charge < -0.3 is 15.2 Å². The van der Waals surface area contributed by atoms with Crippen LogP contribution in [0.4, 0.5) is 5.69 Å². The number of anilines is 1. The van der Waals surface area contributed by atoms with E-state index in [0.717, 1.165) is 19.3 Å². The number of hydrogen-bond donors (Lipinski definition) is 2. The normalized spacial score (nSPS) is 18.8. The van der Waals surface area contributed by atoms with Gasteiger partial charge in [-0.1, -0.05) is 6.07 Å². The zero-order valence-corrected chi connectivity index (χ0v) is 10.6. The minimum Gasteiger partial charge on any atom is -0.478 e. The summed E-state index contributed by atoms with van der Waals surface area (Å²) in [6, 6.07) is 6.21. The molecule has 1 unspecified atom stereocenters. The number of hydrogen-bond acceptors (Lipinski definition) is 3. The third-order valence-electron chi connectivity index (χ3n) is 3.08. The molecule has 0 bridgehead atoms. The molecule has 1 heterocycles. The van der Waals surface area contributed by atoms with Crippen molar-refractivity contribution in [3.63, 3.8) is 0 Å². The quantitative estimate of drug-likeness (QED) is 0.873. The van der Waals surface area contributed by atoms with Crippen LogP contribution in [0.2, 0.25) is 0 Å². The molecule has 0 saturated carbocycles. The lowest BCUT2D eigenvalue weighted by molar-refractivity contribution is -0.119. The zero-order valence-electron chi connectivity index (χ0n) is 10.6. The number of carboxylic acids is 1. The molecule has 5 nitrogen and oxygen atoms in total. The molecule has 2 rings (SSSR count). The molecule has 1 amide bonds. The van der Waals surface area contributed by atoms with Gasteiger partial charge in [0.05, 0.1) is 18.1 Å². The van der Waals surface area contributed by atoms with Gasteiger partial charge in [0.2, 0.25) is 5.91 Å². The van der Waals surface area contributed by atoms with Crippen molar-refractivity contribution < 1.29 is 19.4 Å². The van der Waals surface area contributed by atoms with E-state index in [1.807, 2.05) is 0 Å². The highest BCUT2D eigenvalue weighted by atomic mass is 16.5. The first-order valence-corrected chi connectivity index (χ1v) is 6.40. The van der Waals surface area contributed by atoms with E-state index < -0.39 is 5.97 Å². The minimum absolute atomic E-state index is 0.0172. The van der Waals surface area contributed by atoms with Gasteiger partial charge >= 0.3 is 5.97 Å². The average Bonchev–Trinajstić information content (AvgIpc) is 2.40. The topological polar surface area (TPSA) is 75.6 Å². The lowest BCUT2D eigenvalue weighted by Gasteiger charge is -2.21. The second-order valence-corrected chi connectivity index (χ2v) is 4.63. The van der Waals surface area contributed by atoms with Gasteiger partial charge in [-0.15, -0.1) is 0 Å². The Hall–Kier alpha value is -1.88. The predicted molar refractivity (Wildman–Crippen MR) is 70.2 cm³/mol. The number of rotatable bonds is 4. The van der Waals surface area contributed by atoms with Crippen LogP contribution in [0.3, 0.4) is 0 Å². The summed E-state index contributed by atoms with van der Waals surface area (Å²) < 4.78 is 5.49. The molecule has 102 valence electrons. The van der Waals surface area contributed by atoms with Crippen LogP contribution in [0.15, 0.2) is 24.3 Å². The van der Waals surface area contributed by atoms with Crippen LogP contribution in [0.5, 0.6) is 0 Å². The Labute approximate surface area is 111 Å². The molecule has 1 fully saturated rings. The van der Waals surface area contributed by atoms with Crippen LogP contribution in [-0.4, -0.2) is 29.7 Å². The Morgan fingerprint density at radius 2 is 2.21 bits per heavy atom. The van der Waals surface area contributed by atoms with Crippen molar-refractivity contribution in [1.82, 2.24) is 0 Å². The number of ether oxygens (including phenoxy) is 1. The summed E-state index contributed by atoms with van der Waals surface area (Å²) >= 11 is 0. The van der Waals surface area contributed by atoms with E-state index >= 15 is 0 Å². The molecule has 0 aromatic heterocycles. The van der Waals surface area contributed by atoms with Gasteiger partial charge in [0.15, 0.2) is 0 Å². The van der Waals surface area contributed by atoms with E-state index in [-0.39, 0.29) is 17.6 Å². The highest BCUT2D eigenvalue weighted by molar-refractivity contribution is 5.94. The monoisotopic (exact) mass is 263 g/mol. The number of benzene rings is 1. The molecule has 5 heteroatoms. The summed E-state index contributed by atoms with van der Waals surface area (Å²) in [5.41, 5.74) is 0.660. The van der Waals surface area contributed by atoms with E-state index in [0.29, 0.717) is 18.7 Å². The van der Waals surface area contributed by atoms with Crippen LogP contribution in [0.25, 0.3) is 0 Å². The molecule has 2 N–H and O–H groups in total. The summed E-state index contributed by atoms with van der Waals surface area (Å²) in [5, 5.41) is 11.6. The van der Waals surface area contributed by atoms with Gasteiger partial charge in [-0.3, -0.25) is 4.79 Å². The molecule has 1 saturated heterocycles. The van der Waals surface area contributed by atoms with Crippen LogP contribution in [-0.2, 0) is 9.53 Å². The Kier molecular flexibility index (Phi) is 4.52. The summed E-state index contributed by atoms with van der Waals surface area (Å²) in [7, 11) is 0. The number of carboxylic acid groups (broad SMARTS) is 1. The van der Waals surface area contributed by atoms with Gasteiger partial charge in [0.1, 0.15) is 0 Å². The van der Waals surface area contributed by atoms with E-state index in [1.54, 1.807) is 12.1 Å². The smallest absolute Gasteiger partial charge is 0.335 e. The number of amides is 1. The van der Waals surface area contributed by atoms with E-state index in [2.05, 4.69) is 5.32 Å². The minimum atomic E-state index is -1.01. The number of carbonyl (C=O) groups excluding carboxylic acids is 1. The molecule has 1 aromatic rings. The van der Waals surface area contributed by atoms with E-state index in [4.69, 9.17) is 9.84 Å². The maximum absolute atomic E-state index is 11.8. The highest BCUT2D eigenvalue weighted by Gasteiger charge is 2.17.